The third-order valence-corrected chi connectivity index (χ3v) is 7.52. The van der Waals surface area contributed by atoms with Crippen molar-refractivity contribution in [3.63, 3.8) is 0 Å². The molecule has 0 heterocycles. The Balaban J connectivity index is 1.90. The number of nitrogens with one attached hydrogen (secondary N) is 1. The van der Waals surface area contributed by atoms with Gasteiger partial charge in [0.05, 0.1) is 12.2 Å². The molecule has 7 unspecified atom stereocenters. The van der Waals surface area contributed by atoms with Crippen molar-refractivity contribution >= 4 is 12.2 Å². The summed E-state index contributed by atoms with van der Waals surface area (Å²) in [5, 5.41) is 4.21. The van der Waals surface area contributed by atoms with Gasteiger partial charge in [0.1, 0.15) is 0 Å². The molecule has 6 nitrogen and oxygen atoms in total. The van der Waals surface area contributed by atoms with Gasteiger partial charge in [-0.15, -0.1) is 0 Å². The van der Waals surface area contributed by atoms with Gasteiger partial charge in [0.15, 0.2) is 0 Å². The number of amides is 2. The molecule has 2 amide bonds. The monoisotopic (exact) mass is 365 g/mol. The van der Waals surface area contributed by atoms with E-state index >= 15 is 0 Å². The lowest BCUT2D eigenvalue weighted by Crippen LogP contribution is -2.58. The highest BCUT2D eigenvalue weighted by molar-refractivity contribution is 5.74. The van der Waals surface area contributed by atoms with Gasteiger partial charge in [-0.3, -0.25) is 0 Å². The molecule has 6 heteroatoms. The van der Waals surface area contributed by atoms with Crippen LogP contribution in [-0.2, 0) is 9.47 Å². The summed E-state index contributed by atoms with van der Waals surface area (Å²) in [7, 11) is 3.60. The second-order valence-electron chi connectivity index (χ2n) is 8.56. The number of carbonyl (C=O) groups excluding carboxylic acids is 1. The van der Waals surface area contributed by atoms with Crippen LogP contribution in [0.5, 0.6) is 0 Å². The number of hydrogen-bond acceptors (Lipinski definition) is 4. The maximum Gasteiger partial charge on any atom is 0.332 e. The molecule has 0 saturated heterocycles. The molecule has 3 aliphatic carbocycles. The van der Waals surface area contributed by atoms with Crippen molar-refractivity contribution in [2.45, 2.75) is 70.5 Å². The summed E-state index contributed by atoms with van der Waals surface area (Å²) in [5.74, 6) is 2.69. The number of nitrogens with zero attached hydrogens (tertiary/aromatic N) is 1. The molecule has 0 radical (unpaired) electrons. The smallest absolute Gasteiger partial charge is 0.332 e. The highest BCUT2D eigenvalue weighted by Gasteiger charge is 2.56. The molecule has 0 spiro atoms. The summed E-state index contributed by atoms with van der Waals surface area (Å²) < 4.78 is 11.8. The fourth-order valence-electron chi connectivity index (χ4n) is 6.27. The molecule has 0 aliphatic heterocycles. The first-order chi connectivity index (χ1) is 12.5. The number of rotatable bonds is 5. The number of carbonyl (C=O) groups is 1. The molecule has 0 aromatic carbocycles. The Morgan fingerprint density at radius 1 is 1.23 bits per heavy atom. The number of hydrogen-bond donors (Lipinski definition) is 2. The van der Waals surface area contributed by atoms with Crippen molar-refractivity contribution in [3.8, 4) is 0 Å². The maximum absolute atomic E-state index is 11.1. The number of fused-ring (bicyclic) bond motifs is 3. The van der Waals surface area contributed by atoms with E-state index in [0.29, 0.717) is 11.8 Å². The number of nitrogens with two attached hydrogens (primary N) is 1. The van der Waals surface area contributed by atoms with E-state index in [1.54, 1.807) is 7.11 Å². The first-order valence-electron chi connectivity index (χ1n) is 10.2. The fraction of sp³-hybridized carbons (Fsp3) is 0.900. The first-order valence-corrected chi connectivity index (χ1v) is 10.2. The topological polar surface area (TPSA) is 85.9 Å². The molecule has 3 rings (SSSR count). The summed E-state index contributed by atoms with van der Waals surface area (Å²) in [6.07, 6.45) is 11.8. The zero-order chi connectivity index (χ0) is 18.7. The Hall–Kier alpha value is -1.14. The van der Waals surface area contributed by atoms with Gasteiger partial charge >= 0.3 is 6.03 Å². The highest BCUT2D eigenvalue weighted by atomic mass is 16.5. The van der Waals surface area contributed by atoms with Crippen molar-refractivity contribution < 1.29 is 14.3 Å². The van der Waals surface area contributed by atoms with Crippen molar-refractivity contribution in [1.29, 1.82) is 0 Å². The van der Waals surface area contributed by atoms with E-state index in [1.807, 2.05) is 13.3 Å². The Bertz CT molecular complexity index is 526. The molecule has 3 saturated carbocycles. The Labute approximate surface area is 157 Å². The van der Waals surface area contributed by atoms with Gasteiger partial charge in [0.2, 0.25) is 0 Å². The van der Waals surface area contributed by atoms with Crippen molar-refractivity contribution in [3.05, 3.63) is 0 Å². The van der Waals surface area contributed by atoms with E-state index in [9.17, 15) is 4.79 Å². The van der Waals surface area contributed by atoms with E-state index in [4.69, 9.17) is 15.2 Å². The van der Waals surface area contributed by atoms with Crippen LogP contribution in [0.4, 0.5) is 4.79 Å². The minimum Gasteiger partial charge on any atom is -0.379 e. The van der Waals surface area contributed by atoms with Crippen LogP contribution in [-0.4, -0.2) is 38.7 Å². The van der Waals surface area contributed by atoms with E-state index in [-0.39, 0.29) is 17.6 Å². The summed E-state index contributed by atoms with van der Waals surface area (Å²) in [4.78, 5) is 11.1. The summed E-state index contributed by atoms with van der Waals surface area (Å²) >= 11 is 0. The molecule has 3 aliphatic rings. The summed E-state index contributed by atoms with van der Waals surface area (Å²) in [6.45, 7) is 2.32. The molecular formula is C20H35N3O3. The van der Waals surface area contributed by atoms with Gasteiger partial charge in [-0.1, -0.05) is 19.8 Å². The van der Waals surface area contributed by atoms with E-state index in [0.717, 1.165) is 31.1 Å². The number of methoxy groups -OCH3 is 2. The predicted octanol–water partition coefficient (Wildman–Crippen LogP) is 3.30. The molecule has 7 atom stereocenters. The molecule has 26 heavy (non-hydrogen) atoms. The van der Waals surface area contributed by atoms with Gasteiger partial charge in [0, 0.05) is 31.8 Å². The lowest BCUT2D eigenvalue weighted by Gasteiger charge is -2.58. The lowest BCUT2D eigenvalue weighted by atomic mass is 9.49. The van der Waals surface area contributed by atoms with E-state index in [1.165, 1.54) is 32.1 Å². The molecule has 3 fully saturated rings. The minimum atomic E-state index is -0.611. The Kier molecular flexibility index (Phi) is 6.23. The predicted molar refractivity (Wildman–Crippen MR) is 102 cm³/mol. The maximum atomic E-state index is 11.1. The molecule has 0 aromatic heterocycles. The van der Waals surface area contributed by atoms with Crippen LogP contribution < -0.4 is 11.2 Å². The normalized spacial score (nSPS) is 42.9. The van der Waals surface area contributed by atoms with Crippen LogP contribution in [0.15, 0.2) is 5.10 Å². The number of primary amides is 1. The van der Waals surface area contributed by atoms with Crippen LogP contribution >= 0.6 is 0 Å². The van der Waals surface area contributed by atoms with Crippen LogP contribution in [0.1, 0.15) is 58.3 Å². The lowest BCUT2D eigenvalue weighted by molar-refractivity contribution is -0.160. The van der Waals surface area contributed by atoms with E-state index in [2.05, 4.69) is 17.5 Å². The second kappa shape index (κ2) is 8.26. The SMILES string of the molecule is CCC1CCC2C(CCC3(/C=N/NC(N)=O)CCC(OC)C(OC)C23)C1. The number of ether oxygens (including phenoxy) is 2. The Morgan fingerprint density at radius 2 is 2.00 bits per heavy atom. The number of urea groups is 1. The molecule has 3 N–H and O–H groups in total. The second-order valence-corrected chi connectivity index (χ2v) is 8.56. The van der Waals surface area contributed by atoms with Gasteiger partial charge in [-0.2, -0.15) is 5.10 Å². The molecule has 148 valence electrons. The molecule has 0 aromatic rings. The van der Waals surface area contributed by atoms with E-state index < -0.39 is 6.03 Å². The highest BCUT2D eigenvalue weighted by Crippen LogP contribution is 2.58. The number of hydrazone groups is 1. The average Bonchev–Trinajstić information content (AvgIpc) is 2.66. The minimum absolute atomic E-state index is 0.0294. The van der Waals surface area contributed by atoms with Crippen molar-refractivity contribution in [2.24, 2.45) is 39.9 Å². The van der Waals surface area contributed by atoms with Gasteiger partial charge in [0.25, 0.3) is 0 Å². The Morgan fingerprint density at radius 3 is 2.65 bits per heavy atom. The third-order valence-electron chi connectivity index (χ3n) is 7.52. The third kappa shape index (κ3) is 3.63. The molecule has 0 bridgehead atoms. The summed E-state index contributed by atoms with van der Waals surface area (Å²) in [5.41, 5.74) is 7.57. The van der Waals surface area contributed by atoms with Gasteiger partial charge < -0.3 is 15.2 Å². The van der Waals surface area contributed by atoms with Crippen LogP contribution in [0.3, 0.4) is 0 Å². The fourth-order valence-corrected chi connectivity index (χ4v) is 6.27. The van der Waals surface area contributed by atoms with Crippen LogP contribution in [0.25, 0.3) is 0 Å². The van der Waals surface area contributed by atoms with Crippen molar-refractivity contribution in [2.75, 3.05) is 14.2 Å². The zero-order valence-corrected chi connectivity index (χ0v) is 16.4. The van der Waals surface area contributed by atoms with Gasteiger partial charge in [-0.25, -0.2) is 10.2 Å². The standard InChI is InChI=1S/C20H35N3O3/c1-4-13-5-6-15-14(11-13)7-9-20(12-22-23-19(21)24)10-8-16(25-2)18(26-3)17(15)20/h12-18H,4-11H2,1-3H3,(H3,21,23,24)/b22-12+. The molecular weight excluding hydrogens is 330 g/mol. The zero-order valence-electron chi connectivity index (χ0n) is 16.4. The van der Waals surface area contributed by atoms with Crippen LogP contribution in [0.2, 0.25) is 0 Å². The quantitative estimate of drug-likeness (QED) is 0.579. The average molecular weight is 366 g/mol. The largest absolute Gasteiger partial charge is 0.379 e. The first kappa shape index (κ1) is 19.6. The summed E-state index contributed by atoms with van der Waals surface area (Å²) in [6, 6.07) is -0.611. The van der Waals surface area contributed by atoms with Crippen molar-refractivity contribution in [1.82, 2.24) is 5.43 Å². The van der Waals surface area contributed by atoms with Gasteiger partial charge in [-0.05, 0) is 56.3 Å². The van der Waals surface area contributed by atoms with Crippen LogP contribution in [0, 0.1) is 29.1 Å².